The van der Waals surface area contributed by atoms with Crippen LogP contribution in [0.2, 0.25) is 5.15 Å². The second-order valence-electron chi connectivity index (χ2n) is 5.84. The fraction of sp³-hybridized carbons (Fsp3) is 0.353. The Kier molecular flexibility index (Phi) is 4.31. The van der Waals surface area contributed by atoms with Crippen molar-refractivity contribution in [3.63, 3.8) is 0 Å². The van der Waals surface area contributed by atoms with E-state index in [1.165, 1.54) is 19.2 Å². The molecule has 1 aliphatic heterocycles. The molecule has 1 N–H and O–H groups in total. The van der Waals surface area contributed by atoms with Crippen molar-refractivity contribution in [1.82, 2.24) is 4.98 Å². The largest absolute Gasteiger partial charge is 0.479 e. The van der Waals surface area contributed by atoms with E-state index in [-0.39, 0.29) is 46.4 Å². The summed E-state index contributed by atoms with van der Waals surface area (Å²) in [5.74, 6) is -0.775. The van der Waals surface area contributed by atoms with Gasteiger partial charge in [-0.3, -0.25) is 0 Å². The summed E-state index contributed by atoms with van der Waals surface area (Å²) in [5, 5.41) is 2.76. The van der Waals surface area contributed by atoms with E-state index in [0.717, 1.165) is 12.1 Å². The summed E-state index contributed by atoms with van der Waals surface area (Å²) >= 11 is 5.94. The van der Waals surface area contributed by atoms with Crippen LogP contribution in [0, 0.1) is 5.82 Å². The molecule has 2 heterocycles. The zero-order valence-electron chi connectivity index (χ0n) is 13.5. The van der Waals surface area contributed by atoms with Crippen LogP contribution in [0.5, 0.6) is 5.88 Å². The van der Waals surface area contributed by atoms with E-state index in [4.69, 9.17) is 16.3 Å². The molecule has 1 aromatic carbocycles. The minimum Gasteiger partial charge on any atom is -0.479 e. The van der Waals surface area contributed by atoms with Gasteiger partial charge in [-0.1, -0.05) is 24.9 Å². The maximum Gasteiger partial charge on any atom is 0.402 e. The summed E-state index contributed by atoms with van der Waals surface area (Å²) < 4.78 is 62.1. The Labute approximate surface area is 147 Å². The third-order valence-corrected chi connectivity index (χ3v) is 4.61. The number of hydrogen-bond donors (Lipinski definition) is 1. The van der Waals surface area contributed by atoms with Gasteiger partial charge in [-0.25, -0.2) is 4.39 Å². The van der Waals surface area contributed by atoms with E-state index in [9.17, 15) is 17.6 Å². The highest BCUT2D eigenvalue weighted by molar-refractivity contribution is 6.29. The number of alkyl halides is 3. The lowest BCUT2D eigenvalue weighted by atomic mass is 9.68. The first-order valence-electron chi connectivity index (χ1n) is 7.63. The number of halogens is 5. The lowest BCUT2D eigenvalue weighted by Crippen LogP contribution is -2.46. The standard InChI is InChI=1S/C17H15ClF4N2O/c1-3-6-16(17(20,21)22)10-7-9(19)4-5-12(10)23-14-11(16)8-13(18)24-15(14)25-2/h4-5,7-8,23H,3,6H2,1-2H3. The molecular weight excluding hydrogens is 360 g/mol. The highest BCUT2D eigenvalue weighted by atomic mass is 35.5. The Morgan fingerprint density at radius 2 is 1.96 bits per heavy atom. The normalized spacial score (nSPS) is 19.0. The van der Waals surface area contributed by atoms with E-state index in [1.54, 1.807) is 6.92 Å². The molecule has 0 aliphatic carbocycles. The van der Waals surface area contributed by atoms with Crippen molar-refractivity contribution in [2.75, 3.05) is 12.4 Å². The van der Waals surface area contributed by atoms with Crippen molar-refractivity contribution < 1.29 is 22.3 Å². The molecule has 25 heavy (non-hydrogen) atoms. The van der Waals surface area contributed by atoms with Gasteiger partial charge >= 0.3 is 6.18 Å². The van der Waals surface area contributed by atoms with Gasteiger partial charge in [0.05, 0.1) is 7.11 Å². The van der Waals surface area contributed by atoms with Gasteiger partial charge in [0.1, 0.15) is 22.1 Å². The Hall–Kier alpha value is -2.02. The lowest BCUT2D eigenvalue weighted by molar-refractivity contribution is -0.180. The maximum atomic E-state index is 14.4. The summed E-state index contributed by atoms with van der Waals surface area (Å²) in [6, 6.07) is 4.50. The second-order valence-corrected chi connectivity index (χ2v) is 6.23. The molecule has 0 saturated carbocycles. The van der Waals surface area contributed by atoms with Crippen molar-refractivity contribution in [3.05, 3.63) is 46.4 Å². The maximum absolute atomic E-state index is 14.4. The van der Waals surface area contributed by atoms with E-state index < -0.39 is 17.4 Å². The number of ether oxygens (including phenoxy) is 1. The molecule has 8 heteroatoms. The average Bonchev–Trinajstić information content (AvgIpc) is 2.54. The zero-order chi connectivity index (χ0) is 18.4. The molecule has 0 bridgehead atoms. The minimum atomic E-state index is -4.67. The third-order valence-electron chi connectivity index (χ3n) is 4.42. The van der Waals surface area contributed by atoms with Gasteiger partial charge in [0.2, 0.25) is 5.88 Å². The summed E-state index contributed by atoms with van der Waals surface area (Å²) in [5.41, 5.74) is -2.42. The molecule has 2 aromatic rings. The fourth-order valence-electron chi connectivity index (χ4n) is 3.45. The van der Waals surface area contributed by atoms with Crippen LogP contribution in [0.25, 0.3) is 0 Å². The number of methoxy groups -OCH3 is 1. The summed E-state index contributed by atoms with van der Waals surface area (Å²) in [6.07, 6.45) is -4.69. The first-order chi connectivity index (χ1) is 11.7. The predicted molar refractivity (Wildman–Crippen MR) is 87.2 cm³/mol. The number of nitrogens with one attached hydrogen (secondary N) is 1. The smallest absolute Gasteiger partial charge is 0.402 e. The molecule has 0 spiro atoms. The number of pyridine rings is 1. The molecule has 0 amide bonds. The van der Waals surface area contributed by atoms with Gasteiger partial charge in [0.15, 0.2) is 0 Å². The molecule has 1 unspecified atom stereocenters. The Morgan fingerprint density at radius 1 is 1.24 bits per heavy atom. The van der Waals surface area contributed by atoms with Crippen molar-refractivity contribution in [3.8, 4) is 5.88 Å². The molecule has 1 atom stereocenters. The SMILES string of the molecule is CCCC1(C(F)(F)F)c2cc(F)ccc2Nc2c1cc(Cl)nc2OC. The number of fused-ring (bicyclic) bond motifs is 2. The topological polar surface area (TPSA) is 34.2 Å². The van der Waals surface area contributed by atoms with Crippen LogP contribution in [0.4, 0.5) is 28.9 Å². The highest BCUT2D eigenvalue weighted by Gasteiger charge is 2.60. The van der Waals surface area contributed by atoms with Crippen LogP contribution in [-0.4, -0.2) is 18.3 Å². The Morgan fingerprint density at radius 3 is 2.56 bits per heavy atom. The Balaban J connectivity index is 2.44. The number of rotatable bonds is 3. The Bertz CT molecular complexity index is 825. The van der Waals surface area contributed by atoms with E-state index in [2.05, 4.69) is 10.3 Å². The van der Waals surface area contributed by atoms with Gasteiger partial charge in [0.25, 0.3) is 0 Å². The summed E-state index contributed by atoms with van der Waals surface area (Å²) in [4.78, 5) is 3.94. The predicted octanol–water partition coefficient (Wildman–Crippen LogP) is 5.59. The lowest BCUT2D eigenvalue weighted by Gasteiger charge is -2.42. The van der Waals surface area contributed by atoms with Gasteiger partial charge < -0.3 is 10.1 Å². The third kappa shape index (κ3) is 2.61. The minimum absolute atomic E-state index is 0.0396. The second kappa shape index (κ2) is 6.05. The van der Waals surface area contributed by atoms with Crippen molar-refractivity contribution in [2.45, 2.75) is 31.4 Å². The molecule has 0 saturated heterocycles. The monoisotopic (exact) mass is 374 g/mol. The molecule has 1 aromatic heterocycles. The van der Waals surface area contributed by atoms with Crippen LogP contribution >= 0.6 is 11.6 Å². The van der Waals surface area contributed by atoms with Crippen LogP contribution in [0.1, 0.15) is 30.9 Å². The molecule has 3 rings (SSSR count). The zero-order valence-corrected chi connectivity index (χ0v) is 14.2. The van der Waals surface area contributed by atoms with Gasteiger partial charge in [-0.15, -0.1) is 0 Å². The molecule has 0 fully saturated rings. The van der Waals surface area contributed by atoms with E-state index >= 15 is 0 Å². The van der Waals surface area contributed by atoms with E-state index in [1.807, 2.05) is 0 Å². The first-order valence-corrected chi connectivity index (χ1v) is 8.01. The van der Waals surface area contributed by atoms with Gasteiger partial charge in [0, 0.05) is 11.3 Å². The van der Waals surface area contributed by atoms with Gasteiger partial charge in [-0.05, 0) is 36.2 Å². The van der Waals surface area contributed by atoms with Crippen molar-refractivity contribution in [2.24, 2.45) is 0 Å². The van der Waals surface area contributed by atoms with Crippen LogP contribution < -0.4 is 10.1 Å². The van der Waals surface area contributed by atoms with Crippen LogP contribution in [0.15, 0.2) is 24.3 Å². The molecule has 0 radical (unpaired) electrons. The number of benzene rings is 1. The van der Waals surface area contributed by atoms with Crippen LogP contribution in [0.3, 0.4) is 0 Å². The number of nitrogens with zero attached hydrogens (tertiary/aromatic N) is 1. The summed E-state index contributed by atoms with van der Waals surface area (Å²) in [7, 11) is 1.30. The molecule has 134 valence electrons. The molecule has 1 aliphatic rings. The van der Waals surface area contributed by atoms with Gasteiger partial charge in [-0.2, -0.15) is 18.2 Å². The fourth-order valence-corrected chi connectivity index (χ4v) is 3.63. The number of aromatic nitrogens is 1. The van der Waals surface area contributed by atoms with E-state index in [0.29, 0.717) is 0 Å². The first kappa shape index (κ1) is 17.8. The summed E-state index contributed by atoms with van der Waals surface area (Å²) in [6.45, 7) is 1.65. The molecular formula is C17H15ClF4N2O. The van der Waals surface area contributed by atoms with Crippen LogP contribution in [-0.2, 0) is 5.41 Å². The number of hydrogen-bond acceptors (Lipinski definition) is 3. The quantitative estimate of drug-likeness (QED) is 0.562. The highest BCUT2D eigenvalue weighted by Crippen LogP contribution is 2.58. The average molecular weight is 375 g/mol. The molecule has 3 nitrogen and oxygen atoms in total. The number of anilines is 2. The van der Waals surface area contributed by atoms with Crippen molar-refractivity contribution >= 4 is 23.0 Å². The van der Waals surface area contributed by atoms with Crippen molar-refractivity contribution in [1.29, 1.82) is 0 Å².